The van der Waals surface area contributed by atoms with E-state index in [9.17, 15) is 8.42 Å². The van der Waals surface area contributed by atoms with Crippen molar-refractivity contribution >= 4 is 10.0 Å². The number of nitriles is 1. The lowest BCUT2D eigenvalue weighted by Crippen LogP contribution is -2.28. The van der Waals surface area contributed by atoms with E-state index >= 15 is 0 Å². The largest absolute Gasteiger partial charge is 0.243 e. The molecule has 1 aromatic carbocycles. The van der Waals surface area contributed by atoms with E-state index in [0.717, 1.165) is 11.1 Å². The molecule has 0 N–H and O–H groups in total. The highest BCUT2D eigenvalue weighted by Gasteiger charge is 2.21. The van der Waals surface area contributed by atoms with Gasteiger partial charge in [-0.2, -0.15) is 9.57 Å². The molecule has 0 aromatic heterocycles. The summed E-state index contributed by atoms with van der Waals surface area (Å²) in [7, 11) is -1.98. The summed E-state index contributed by atoms with van der Waals surface area (Å²) in [5, 5.41) is 8.47. The van der Waals surface area contributed by atoms with Crippen molar-refractivity contribution in [3.05, 3.63) is 29.3 Å². The molecule has 0 saturated heterocycles. The Bertz CT molecular complexity index is 544. The Morgan fingerprint density at radius 1 is 1.35 bits per heavy atom. The molecule has 1 aromatic rings. The van der Waals surface area contributed by atoms with Crippen LogP contribution in [0.4, 0.5) is 0 Å². The van der Waals surface area contributed by atoms with Crippen molar-refractivity contribution in [1.82, 2.24) is 4.31 Å². The van der Waals surface area contributed by atoms with Crippen LogP contribution >= 0.6 is 0 Å². The second-order valence-corrected chi connectivity index (χ2v) is 6.02. The molecule has 0 atom stereocenters. The molecule has 0 radical (unpaired) electrons. The van der Waals surface area contributed by atoms with Crippen molar-refractivity contribution < 1.29 is 8.42 Å². The summed E-state index contributed by atoms with van der Waals surface area (Å²) < 4.78 is 25.6. The van der Waals surface area contributed by atoms with Crippen molar-refractivity contribution in [2.45, 2.75) is 25.2 Å². The van der Waals surface area contributed by atoms with E-state index in [-0.39, 0.29) is 13.0 Å². The van der Waals surface area contributed by atoms with Crippen molar-refractivity contribution in [3.8, 4) is 6.07 Å². The van der Waals surface area contributed by atoms with Crippen LogP contribution < -0.4 is 0 Å². The zero-order valence-electron chi connectivity index (χ0n) is 10.3. The lowest BCUT2D eigenvalue weighted by molar-refractivity contribution is 0.476. The molecule has 0 fully saturated rings. The Morgan fingerprint density at radius 2 is 2.00 bits per heavy atom. The normalized spacial score (nSPS) is 11.5. The highest BCUT2D eigenvalue weighted by molar-refractivity contribution is 7.89. The SMILES string of the molecule is Cc1ccc(S(=O)(=O)N(C)CCC#N)c(C)c1. The fraction of sp³-hybridized carbons (Fsp3) is 0.417. The third kappa shape index (κ3) is 3.05. The molecule has 0 aliphatic heterocycles. The fourth-order valence-electron chi connectivity index (χ4n) is 1.58. The van der Waals surface area contributed by atoms with Crippen LogP contribution in [0, 0.1) is 25.2 Å². The maximum atomic E-state index is 12.2. The Morgan fingerprint density at radius 3 is 2.53 bits per heavy atom. The van der Waals surface area contributed by atoms with Gasteiger partial charge in [0.15, 0.2) is 0 Å². The molecular formula is C12H16N2O2S. The van der Waals surface area contributed by atoms with Crippen LogP contribution in [0.3, 0.4) is 0 Å². The second-order valence-electron chi connectivity index (χ2n) is 4.00. The molecule has 1 rings (SSSR count). The van der Waals surface area contributed by atoms with E-state index in [1.807, 2.05) is 19.1 Å². The number of hydrogen-bond donors (Lipinski definition) is 0. The first-order valence-corrected chi connectivity index (χ1v) is 6.74. The number of aryl methyl sites for hydroxylation is 2. The van der Waals surface area contributed by atoms with Crippen LogP contribution in [0.5, 0.6) is 0 Å². The molecule has 0 saturated carbocycles. The summed E-state index contributed by atoms with van der Waals surface area (Å²) in [4.78, 5) is 0.309. The van der Waals surface area contributed by atoms with Gasteiger partial charge in [0.05, 0.1) is 11.0 Å². The number of benzene rings is 1. The van der Waals surface area contributed by atoms with Crippen LogP contribution in [0.15, 0.2) is 23.1 Å². The predicted octanol–water partition coefficient (Wildman–Crippen LogP) is 1.84. The van der Waals surface area contributed by atoms with Gasteiger partial charge >= 0.3 is 0 Å². The van der Waals surface area contributed by atoms with Gasteiger partial charge in [0.25, 0.3) is 0 Å². The quantitative estimate of drug-likeness (QED) is 0.821. The zero-order valence-corrected chi connectivity index (χ0v) is 11.1. The van der Waals surface area contributed by atoms with Gasteiger partial charge in [-0.05, 0) is 25.5 Å². The van der Waals surface area contributed by atoms with Gasteiger partial charge < -0.3 is 0 Å². The molecule has 92 valence electrons. The molecule has 0 amide bonds. The minimum Gasteiger partial charge on any atom is -0.207 e. The number of rotatable bonds is 4. The van der Waals surface area contributed by atoms with Gasteiger partial charge in [-0.25, -0.2) is 8.42 Å². The van der Waals surface area contributed by atoms with E-state index in [1.54, 1.807) is 19.1 Å². The summed E-state index contributed by atoms with van der Waals surface area (Å²) in [6, 6.07) is 7.17. The third-order valence-electron chi connectivity index (χ3n) is 2.56. The summed E-state index contributed by atoms with van der Waals surface area (Å²) in [5.74, 6) is 0. The lowest BCUT2D eigenvalue weighted by Gasteiger charge is -2.17. The van der Waals surface area contributed by atoms with E-state index < -0.39 is 10.0 Å². The zero-order chi connectivity index (χ0) is 13.1. The van der Waals surface area contributed by atoms with Gasteiger partial charge in [0, 0.05) is 20.0 Å². The van der Waals surface area contributed by atoms with Crippen molar-refractivity contribution in [3.63, 3.8) is 0 Å². The molecule has 0 aliphatic carbocycles. The Kier molecular flexibility index (Phi) is 4.27. The Balaban J connectivity index is 3.09. The summed E-state index contributed by atoms with van der Waals surface area (Å²) in [5.41, 5.74) is 1.76. The monoisotopic (exact) mass is 252 g/mol. The molecular weight excluding hydrogens is 236 g/mol. The standard InChI is InChI=1S/C12H16N2O2S/c1-10-5-6-12(11(2)9-10)17(15,16)14(3)8-4-7-13/h5-6,9H,4,8H2,1-3H3. The van der Waals surface area contributed by atoms with Crippen molar-refractivity contribution in [2.75, 3.05) is 13.6 Å². The van der Waals surface area contributed by atoms with Crippen molar-refractivity contribution in [1.29, 1.82) is 5.26 Å². The highest BCUT2D eigenvalue weighted by Crippen LogP contribution is 2.19. The van der Waals surface area contributed by atoms with E-state index in [0.29, 0.717) is 4.90 Å². The van der Waals surface area contributed by atoms with Crippen LogP contribution in [-0.2, 0) is 10.0 Å². The van der Waals surface area contributed by atoms with Crippen LogP contribution in [0.25, 0.3) is 0 Å². The first kappa shape index (κ1) is 13.7. The molecule has 4 nitrogen and oxygen atoms in total. The smallest absolute Gasteiger partial charge is 0.207 e. The molecule has 0 unspecified atom stereocenters. The van der Waals surface area contributed by atoms with Crippen molar-refractivity contribution in [2.24, 2.45) is 0 Å². The summed E-state index contributed by atoms with van der Waals surface area (Å²) in [6.45, 7) is 3.91. The highest BCUT2D eigenvalue weighted by atomic mass is 32.2. The minimum absolute atomic E-state index is 0.195. The molecule has 0 aliphatic rings. The fourth-order valence-corrected chi connectivity index (χ4v) is 2.96. The molecule has 5 heteroatoms. The van der Waals surface area contributed by atoms with E-state index in [1.165, 1.54) is 11.4 Å². The van der Waals surface area contributed by atoms with Gasteiger partial charge in [0.1, 0.15) is 0 Å². The van der Waals surface area contributed by atoms with Gasteiger partial charge in [-0.3, -0.25) is 0 Å². The number of sulfonamides is 1. The molecule has 0 spiro atoms. The topological polar surface area (TPSA) is 61.2 Å². The second kappa shape index (κ2) is 5.30. The van der Waals surface area contributed by atoms with Gasteiger partial charge in [-0.15, -0.1) is 0 Å². The van der Waals surface area contributed by atoms with Crippen LogP contribution in [0.1, 0.15) is 17.5 Å². The maximum absolute atomic E-state index is 12.2. The minimum atomic E-state index is -3.48. The third-order valence-corrected chi connectivity index (χ3v) is 4.57. The van der Waals surface area contributed by atoms with Gasteiger partial charge in [0.2, 0.25) is 10.0 Å². The molecule has 17 heavy (non-hydrogen) atoms. The van der Waals surface area contributed by atoms with Gasteiger partial charge in [-0.1, -0.05) is 17.7 Å². The predicted molar refractivity (Wildman–Crippen MR) is 66.0 cm³/mol. The average molecular weight is 252 g/mol. The van der Waals surface area contributed by atoms with E-state index in [2.05, 4.69) is 0 Å². The first-order chi connectivity index (χ1) is 7.89. The average Bonchev–Trinajstić information content (AvgIpc) is 2.25. The Hall–Kier alpha value is -1.38. The maximum Gasteiger partial charge on any atom is 0.243 e. The van der Waals surface area contributed by atoms with E-state index in [4.69, 9.17) is 5.26 Å². The van der Waals surface area contributed by atoms with Crippen LogP contribution in [-0.4, -0.2) is 26.3 Å². The number of nitrogens with zero attached hydrogens (tertiary/aromatic N) is 2. The number of hydrogen-bond acceptors (Lipinski definition) is 3. The lowest BCUT2D eigenvalue weighted by atomic mass is 10.2. The van der Waals surface area contributed by atoms with Crippen LogP contribution in [0.2, 0.25) is 0 Å². The first-order valence-electron chi connectivity index (χ1n) is 5.30. The Labute approximate surface area is 103 Å². The summed E-state index contributed by atoms with van der Waals surface area (Å²) >= 11 is 0. The summed E-state index contributed by atoms with van der Waals surface area (Å²) in [6.07, 6.45) is 0.195. The molecule has 0 bridgehead atoms. The molecule has 0 heterocycles.